The van der Waals surface area contributed by atoms with Gasteiger partial charge in [-0.25, -0.2) is 4.98 Å². The van der Waals surface area contributed by atoms with Gasteiger partial charge in [-0.05, 0) is 42.0 Å². The highest BCUT2D eigenvalue weighted by Gasteiger charge is 2.15. The molecule has 0 aliphatic carbocycles. The van der Waals surface area contributed by atoms with E-state index in [2.05, 4.69) is 24.1 Å². The number of hydrogen-bond acceptors (Lipinski definition) is 6. The number of benzene rings is 1. The highest BCUT2D eigenvalue weighted by atomic mass is 35.5. The Morgan fingerprint density at radius 2 is 2.21 bits per heavy atom. The number of thioether (sulfide) groups is 1. The Kier molecular flexibility index (Phi) is 6.96. The van der Waals surface area contributed by atoms with Crippen molar-refractivity contribution in [2.24, 2.45) is 5.92 Å². The molecule has 9 heteroatoms. The minimum Gasteiger partial charge on any atom is -0.316 e. The van der Waals surface area contributed by atoms with Crippen LogP contribution in [0.3, 0.4) is 0 Å². The number of fused-ring (bicyclic) bond motifs is 1. The third kappa shape index (κ3) is 5.18. The van der Waals surface area contributed by atoms with Crippen molar-refractivity contribution in [3.05, 3.63) is 50.6 Å². The van der Waals surface area contributed by atoms with Crippen LogP contribution in [0.2, 0.25) is 5.02 Å². The molecule has 0 fully saturated rings. The molecule has 29 heavy (non-hydrogen) atoms. The maximum Gasteiger partial charge on any atom is 0.262 e. The summed E-state index contributed by atoms with van der Waals surface area (Å²) in [7, 11) is 0. The van der Waals surface area contributed by atoms with Gasteiger partial charge in [-0.1, -0.05) is 37.2 Å². The summed E-state index contributed by atoms with van der Waals surface area (Å²) in [5, 5.41) is 15.6. The van der Waals surface area contributed by atoms with Crippen LogP contribution in [0, 0.1) is 17.2 Å². The zero-order valence-corrected chi connectivity index (χ0v) is 18.3. The number of thiophene rings is 1. The summed E-state index contributed by atoms with van der Waals surface area (Å²) in [4.78, 5) is 29.9. The molecule has 1 amide bonds. The number of hydrogen-bond donors (Lipinski definition) is 1. The van der Waals surface area contributed by atoms with Crippen molar-refractivity contribution in [1.82, 2.24) is 9.55 Å². The van der Waals surface area contributed by atoms with Crippen LogP contribution >= 0.6 is 34.7 Å². The number of rotatable bonds is 7. The van der Waals surface area contributed by atoms with Gasteiger partial charge in [-0.3, -0.25) is 14.2 Å². The Morgan fingerprint density at radius 1 is 1.41 bits per heavy atom. The topological polar surface area (TPSA) is 87.8 Å². The second-order valence-corrected chi connectivity index (χ2v) is 9.10. The number of nitriles is 1. The predicted octanol–water partition coefficient (Wildman–Crippen LogP) is 4.76. The van der Waals surface area contributed by atoms with Crippen molar-refractivity contribution >= 4 is 56.5 Å². The number of carbonyl (C=O) groups is 1. The third-order valence-electron chi connectivity index (χ3n) is 4.18. The Labute approximate surface area is 181 Å². The molecule has 0 radical (unpaired) electrons. The smallest absolute Gasteiger partial charge is 0.262 e. The van der Waals surface area contributed by atoms with Crippen molar-refractivity contribution in [2.45, 2.75) is 32.0 Å². The molecule has 0 spiro atoms. The molecular formula is C20H19ClN4O2S2. The molecule has 150 valence electrons. The third-order valence-corrected chi connectivity index (χ3v) is 6.22. The van der Waals surface area contributed by atoms with Crippen LogP contribution in [0.4, 0.5) is 5.00 Å². The van der Waals surface area contributed by atoms with Crippen LogP contribution in [-0.2, 0) is 11.3 Å². The highest BCUT2D eigenvalue weighted by Crippen LogP contribution is 2.24. The lowest BCUT2D eigenvalue weighted by Gasteiger charge is -2.14. The molecule has 0 aliphatic heterocycles. The normalized spacial score (nSPS) is 11.0. The Bertz CT molecular complexity index is 1150. The minimum absolute atomic E-state index is 0.0724. The molecule has 3 rings (SSSR count). The molecule has 6 nitrogen and oxygen atoms in total. The van der Waals surface area contributed by atoms with Crippen LogP contribution < -0.4 is 10.9 Å². The van der Waals surface area contributed by atoms with Gasteiger partial charge in [0.25, 0.3) is 5.56 Å². The lowest BCUT2D eigenvalue weighted by atomic mass is 10.1. The first kappa shape index (κ1) is 21.4. The summed E-state index contributed by atoms with van der Waals surface area (Å²) >= 11 is 8.55. The van der Waals surface area contributed by atoms with Gasteiger partial charge in [-0.2, -0.15) is 5.26 Å². The molecule has 3 aromatic rings. The molecule has 2 heterocycles. The first-order chi connectivity index (χ1) is 13.9. The molecule has 0 atom stereocenters. The maximum atomic E-state index is 13.0. The van der Waals surface area contributed by atoms with Gasteiger partial charge < -0.3 is 5.32 Å². The summed E-state index contributed by atoms with van der Waals surface area (Å²) in [5.41, 5.74) is 0.803. The molecule has 0 bridgehead atoms. The fraction of sp³-hybridized carbons (Fsp3) is 0.300. The zero-order valence-electron chi connectivity index (χ0n) is 15.9. The van der Waals surface area contributed by atoms with Crippen molar-refractivity contribution in [3.63, 3.8) is 0 Å². The van der Waals surface area contributed by atoms with Crippen LogP contribution in [-0.4, -0.2) is 21.2 Å². The number of carbonyl (C=O) groups excluding carboxylic acids is 1. The van der Waals surface area contributed by atoms with E-state index in [1.54, 1.807) is 34.2 Å². The van der Waals surface area contributed by atoms with E-state index in [4.69, 9.17) is 16.9 Å². The van der Waals surface area contributed by atoms with Crippen molar-refractivity contribution in [2.75, 3.05) is 11.1 Å². The molecule has 1 N–H and O–H groups in total. The number of nitrogens with one attached hydrogen (secondary N) is 1. The Morgan fingerprint density at radius 3 is 2.93 bits per heavy atom. The van der Waals surface area contributed by atoms with E-state index in [0.717, 1.165) is 6.42 Å². The molecule has 0 unspecified atom stereocenters. The van der Waals surface area contributed by atoms with Crippen LogP contribution in [0.5, 0.6) is 0 Å². The predicted molar refractivity (Wildman–Crippen MR) is 119 cm³/mol. The van der Waals surface area contributed by atoms with E-state index in [1.807, 2.05) is 6.07 Å². The van der Waals surface area contributed by atoms with Crippen LogP contribution in [0.25, 0.3) is 10.9 Å². The Balaban J connectivity index is 1.86. The summed E-state index contributed by atoms with van der Waals surface area (Å²) in [6.45, 7) is 4.70. The summed E-state index contributed by atoms with van der Waals surface area (Å²) in [6, 6.07) is 8.71. The lowest BCUT2D eigenvalue weighted by molar-refractivity contribution is -0.113. The fourth-order valence-corrected chi connectivity index (χ4v) is 4.40. The van der Waals surface area contributed by atoms with Gasteiger partial charge in [-0.15, -0.1) is 11.3 Å². The van der Waals surface area contributed by atoms with Gasteiger partial charge in [0.1, 0.15) is 11.1 Å². The number of amides is 1. The van der Waals surface area contributed by atoms with E-state index in [1.165, 1.54) is 23.1 Å². The lowest BCUT2D eigenvalue weighted by Crippen LogP contribution is -2.25. The number of nitrogens with zero attached hydrogens (tertiary/aromatic N) is 3. The van der Waals surface area contributed by atoms with E-state index in [9.17, 15) is 9.59 Å². The molecule has 0 saturated heterocycles. The largest absolute Gasteiger partial charge is 0.316 e. The zero-order chi connectivity index (χ0) is 21.0. The van der Waals surface area contributed by atoms with E-state index < -0.39 is 0 Å². The minimum atomic E-state index is -0.259. The molecular weight excluding hydrogens is 428 g/mol. The molecule has 1 aromatic carbocycles. The van der Waals surface area contributed by atoms with Gasteiger partial charge >= 0.3 is 0 Å². The molecule has 0 aliphatic rings. The van der Waals surface area contributed by atoms with E-state index >= 15 is 0 Å². The average molecular weight is 447 g/mol. The quantitative estimate of drug-likeness (QED) is 0.417. The SMILES string of the molecule is CC(C)CCn1c(SCC(=O)Nc2sccc2C#N)nc2cc(Cl)ccc2c1=O. The second-order valence-electron chi connectivity index (χ2n) is 6.81. The van der Waals surface area contributed by atoms with Crippen molar-refractivity contribution in [3.8, 4) is 6.07 Å². The number of anilines is 1. The second kappa shape index (κ2) is 9.44. The number of halogens is 1. The van der Waals surface area contributed by atoms with E-state index in [-0.39, 0.29) is 17.2 Å². The van der Waals surface area contributed by atoms with Gasteiger partial charge in [0.05, 0.1) is 22.2 Å². The summed E-state index contributed by atoms with van der Waals surface area (Å²) < 4.78 is 1.63. The fourth-order valence-electron chi connectivity index (χ4n) is 2.66. The average Bonchev–Trinajstić information content (AvgIpc) is 3.12. The van der Waals surface area contributed by atoms with Gasteiger partial charge in [0, 0.05) is 11.6 Å². The number of aromatic nitrogens is 2. The van der Waals surface area contributed by atoms with Gasteiger partial charge in [0.2, 0.25) is 5.91 Å². The molecule has 2 aromatic heterocycles. The van der Waals surface area contributed by atoms with Crippen LogP contribution in [0.1, 0.15) is 25.8 Å². The maximum absolute atomic E-state index is 13.0. The van der Waals surface area contributed by atoms with E-state index in [0.29, 0.717) is 44.1 Å². The highest BCUT2D eigenvalue weighted by molar-refractivity contribution is 7.99. The first-order valence-corrected chi connectivity index (χ1v) is 11.2. The van der Waals surface area contributed by atoms with Crippen molar-refractivity contribution in [1.29, 1.82) is 5.26 Å². The standard InChI is InChI=1S/C20H19ClN4O2S2/c1-12(2)5-7-25-19(27)15-4-3-14(21)9-16(15)23-20(25)29-11-17(26)24-18-13(10-22)6-8-28-18/h3-4,6,8-9,12H,5,7,11H2,1-2H3,(H,24,26). The Hall–Kier alpha value is -2.34. The van der Waals surface area contributed by atoms with Crippen molar-refractivity contribution < 1.29 is 4.79 Å². The first-order valence-electron chi connectivity index (χ1n) is 8.99. The summed E-state index contributed by atoms with van der Waals surface area (Å²) in [6.07, 6.45) is 0.821. The summed E-state index contributed by atoms with van der Waals surface area (Å²) in [5.74, 6) is 0.236. The monoisotopic (exact) mass is 446 g/mol. The van der Waals surface area contributed by atoms with Gasteiger partial charge in [0.15, 0.2) is 5.16 Å². The van der Waals surface area contributed by atoms with Crippen LogP contribution in [0.15, 0.2) is 39.6 Å². The molecule has 0 saturated carbocycles.